The Balaban J connectivity index is 1.60. The Morgan fingerprint density at radius 2 is 1.91 bits per heavy atom. The van der Waals surface area contributed by atoms with Crippen LogP contribution in [0.25, 0.3) is 10.9 Å². The highest BCUT2D eigenvalue weighted by atomic mass is 32.2. The van der Waals surface area contributed by atoms with E-state index in [1.54, 1.807) is 25.3 Å². The molecule has 5 atom stereocenters. The number of aromatic amines is 1. The number of H-pyrrole nitrogens is 1. The predicted molar refractivity (Wildman–Crippen MR) is 114 cm³/mol. The molecule has 172 valence electrons. The molecule has 32 heavy (non-hydrogen) atoms. The van der Waals surface area contributed by atoms with Gasteiger partial charge in [-0.1, -0.05) is 6.07 Å². The van der Waals surface area contributed by atoms with Gasteiger partial charge >= 0.3 is 0 Å². The molecule has 0 amide bonds. The first-order valence-corrected chi connectivity index (χ1v) is 10.8. The Bertz CT molecular complexity index is 1060. The van der Waals surface area contributed by atoms with Crippen molar-refractivity contribution in [1.29, 1.82) is 0 Å². The van der Waals surface area contributed by atoms with Gasteiger partial charge in [-0.15, -0.1) is 11.8 Å². The van der Waals surface area contributed by atoms with Crippen molar-refractivity contribution < 1.29 is 39.7 Å². The van der Waals surface area contributed by atoms with Crippen LogP contribution < -0.4 is 9.47 Å². The van der Waals surface area contributed by atoms with Gasteiger partial charge in [-0.2, -0.15) is 5.10 Å². The molecule has 1 fully saturated rings. The largest absolute Gasteiger partial charge is 0.497 e. The van der Waals surface area contributed by atoms with Crippen LogP contribution in [0.3, 0.4) is 0 Å². The molecule has 1 aliphatic heterocycles. The molecule has 1 aliphatic rings. The molecule has 0 unspecified atom stereocenters. The number of nitrogens with one attached hydrogen (secondary N) is 1. The molecule has 1 saturated heterocycles. The van der Waals surface area contributed by atoms with E-state index in [9.17, 15) is 25.5 Å². The van der Waals surface area contributed by atoms with Crippen molar-refractivity contribution in [1.82, 2.24) is 10.2 Å². The molecule has 0 radical (unpaired) electrons. The maximum absolute atomic E-state index is 10.9. The number of hydrogen-bond acceptors (Lipinski definition) is 10. The van der Waals surface area contributed by atoms with E-state index in [-0.39, 0.29) is 5.75 Å². The number of thioether (sulfide) groups is 1. The molecule has 0 aliphatic carbocycles. The van der Waals surface area contributed by atoms with E-state index in [1.165, 1.54) is 11.8 Å². The monoisotopic (exact) mass is 464 g/mol. The fourth-order valence-electron chi connectivity index (χ4n) is 3.49. The zero-order chi connectivity index (χ0) is 22.9. The second-order valence-electron chi connectivity index (χ2n) is 7.31. The highest BCUT2D eigenvalue weighted by molar-refractivity contribution is 7.98. The number of aromatic nitrogens is 2. The number of methoxy groups -OCH3 is 1. The minimum atomic E-state index is -2.67. The van der Waals surface area contributed by atoms with Crippen molar-refractivity contribution in [2.24, 2.45) is 0 Å². The second-order valence-corrected chi connectivity index (χ2v) is 8.36. The molecular weight excluding hydrogens is 440 g/mol. The number of rotatable bonds is 7. The zero-order valence-corrected chi connectivity index (χ0v) is 17.9. The van der Waals surface area contributed by atoms with Crippen molar-refractivity contribution in [3.63, 3.8) is 0 Å². The molecule has 10 nitrogen and oxygen atoms in total. The quantitative estimate of drug-likeness (QED) is 0.213. The summed E-state index contributed by atoms with van der Waals surface area (Å²) >= 11 is 1.52. The maximum atomic E-state index is 10.9. The number of benzene rings is 2. The standard InChI is InChI=1S/C21H24N2O8S/c1-29-11-5-7-12(8-6-11)32-10-14-17-13(22-23-14)3-2-4-15(17)31-21(28)19(26)18(25)16(9-24)30-20(21)27/h2-8,16,18-20,24-28H,9-10H2,1H3,(H,22,23)/t16-,18-,19+,20+,21+/m1/s1. The van der Waals surface area contributed by atoms with Gasteiger partial charge < -0.3 is 39.7 Å². The molecular formula is C21H24N2O8S. The van der Waals surface area contributed by atoms with Gasteiger partial charge in [-0.05, 0) is 36.4 Å². The van der Waals surface area contributed by atoms with Gasteiger partial charge in [0.1, 0.15) is 23.7 Å². The summed E-state index contributed by atoms with van der Waals surface area (Å²) in [5.41, 5.74) is 1.24. The first-order valence-electron chi connectivity index (χ1n) is 9.82. The van der Waals surface area contributed by atoms with E-state index in [0.717, 1.165) is 10.6 Å². The molecule has 0 bridgehead atoms. The third kappa shape index (κ3) is 4.16. The fraction of sp³-hybridized carbons (Fsp3) is 0.381. The molecule has 6 N–H and O–H groups in total. The predicted octanol–water partition coefficient (Wildman–Crippen LogP) is 0.362. The van der Waals surface area contributed by atoms with E-state index in [4.69, 9.17) is 14.2 Å². The van der Waals surface area contributed by atoms with Gasteiger partial charge in [0.15, 0.2) is 6.10 Å². The summed E-state index contributed by atoms with van der Waals surface area (Å²) in [6, 6.07) is 12.5. The third-order valence-corrected chi connectivity index (χ3v) is 6.32. The number of aliphatic hydroxyl groups excluding tert-OH is 4. The van der Waals surface area contributed by atoms with E-state index < -0.39 is 37.0 Å². The smallest absolute Gasteiger partial charge is 0.288 e. The summed E-state index contributed by atoms with van der Waals surface area (Å²) in [4.78, 5) is 0.990. The Hall–Kier alpha value is -2.38. The zero-order valence-electron chi connectivity index (χ0n) is 17.1. The van der Waals surface area contributed by atoms with Crippen LogP contribution in [0.1, 0.15) is 5.69 Å². The number of hydrogen-bond donors (Lipinski definition) is 6. The summed E-state index contributed by atoms with van der Waals surface area (Å²) in [7, 11) is 1.60. The average molecular weight is 464 g/mol. The van der Waals surface area contributed by atoms with Gasteiger partial charge in [0.25, 0.3) is 5.79 Å². The summed E-state index contributed by atoms with van der Waals surface area (Å²) < 4.78 is 15.8. The van der Waals surface area contributed by atoms with Crippen molar-refractivity contribution in [2.45, 2.75) is 41.0 Å². The summed E-state index contributed by atoms with van der Waals surface area (Å²) in [5, 5.41) is 58.6. The lowest BCUT2D eigenvalue weighted by molar-refractivity contribution is -0.385. The first kappa shape index (κ1) is 22.8. The van der Waals surface area contributed by atoms with Gasteiger partial charge in [0.05, 0.1) is 30.3 Å². The Morgan fingerprint density at radius 1 is 1.16 bits per heavy atom. The van der Waals surface area contributed by atoms with Crippen LogP contribution in [0.4, 0.5) is 0 Å². The third-order valence-electron chi connectivity index (χ3n) is 5.30. The Labute approximate surface area is 187 Å². The maximum Gasteiger partial charge on any atom is 0.288 e. The van der Waals surface area contributed by atoms with Crippen LogP contribution in [0.15, 0.2) is 47.4 Å². The van der Waals surface area contributed by atoms with Crippen molar-refractivity contribution in [3.05, 3.63) is 48.2 Å². The summed E-state index contributed by atoms with van der Waals surface area (Å²) in [5.74, 6) is -1.33. The lowest BCUT2D eigenvalue weighted by Gasteiger charge is -2.45. The molecule has 0 spiro atoms. The van der Waals surface area contributed by atoms with E-state index in [0.29, 0.717) is 22.3 Å². The van der Waals surface area contributed by atoms with Gasteiger partial charge in [0, 0.05) is 10.6 Å². The Morgan fingerprint density at radius 3 is 2.59 bits per heavy atom. The van der Waals surface area contributed by atoms with E-state index in [2.05, 4.69) is 10.2 Å². The SMILES string of the molecule is COc1ccc(SCc2n[nH]c3cccc(O[C@]4(O)[C@@H](O)O[C@H](CO)[C@@H](O)[C@@H]4O)c23)cc1. The molecule has 4 rings (SSSR count). The van der Waals surface area contributed by atoms with Gasteiger partial charge in [-0.3, -0.25) is 5.10 Å². The van der Waals surface area contributed by atoms with Crippen LogP contribution in [0.5, 0.6) is 11.5 Å². The topological polar surface area (TPSA) is 158 Å². The minimum Gasteiger partial charge on any atom is -0.497 e. The van der Waals surface area contributed by atoms with Crippen LogP contribution in [-0.2, 0) is 10.5 Å². The average Bonchev–Trinajstić information content (AvgIpc) is 3.23. The minimum absolute atomic E-state index is 0.125. The fourth-order valence-corrected chi connectivity index (χ4v) is 4.34. The highest BCUT2D eigenvalue weighted by Gasteiger charge is 2.57. The van der Waals surface area contributed by atoms with Crippen LogP contribution in [0, 0.1) is 0 Å². The van der Waals surface area contributed by atoms with Crippen LogP contribution >= 0.6 is 11.8 Å². The van der Waals surface area contributed by atoms with E-state index in [1.807, 2.05) is 24.3 Å². The number of aliphatic hydroxyl groups is 5. The lowest BCUT2D eigenvalue weighted by atomic mass is 9.96. The van der Waals surface area contributed by atoms with Gasteiger partial charge in [0.2, 0.25) is 6.29 Å². The molecule has 2 heterocycles. The first-order chi connectivity index (χ1) is 15.4. The molecule has 1 aromatic heterocycles. The summed E-state index contributed by atoms with van der Waals surface area (Å²) in [6.45, 7) is -0.657. The molecule has 2 aromatic carbocycles. The van der Waals surface area contributed by atoms with Crippen molar-refractivity contribution in [3.8, 4) is 11.5 Å². The molecule has 3 aromatic rings. The highest BCUT2D eigenvalue weighted by Crippen LogP contribution is 2.37. The van der Waals surface area contributed by atoms with E-state index >= 15 is 0 Å². The van der Waals surface area contributed by atoms with Crippen LogP contribution in [0.2, 0.25) is 0 Å². The molecule has 0 saturated carbocycles. The number of fused-ring (bicyclic) bond motifs is 1. The van der Waals surface area contributed by atoms with Crippen molar-refractivity contribution >= 4 is 22.7 Å². The number of nitrogens with zero attached hydrogens (tertiary/aromatic N) is 1. The molecule has 11 heteroatoms. The van der Waals surface area contributed by atoms with Gasteiger partial charge in [-0.25, -0.2) is 0 Å². The van der Waals surface area contributed by atoms with Crippen LogP contribution in [-0.4, -0.2) is 79.8 Å². The van der Waals surface area contributed by atoms with Crippen molar-refractivity contribution in [2.75, 3.05) is 13.7 Å². The lowest BCUT2D eigenvalue weighted by Crippen LogP contribution is -2.69. The Kier molecular flexibility index (Phi) is 6.58. The normalized spacial score (nSPS) is 28.1. The second kappa shape index (κ2) is 9.24. The number of ether oxygens (including phenoxy) is 3. The summed E-state index contributed by atoms with van der Waals surface area (Å²) in [6.07, 6.45) is -6.91.